The number of aliphatic hydroxyl groups is 1. The van der Waals surface area contributed by atoms with Crippen molar-refractivity contribution >= 4 is 6.03 Å². The second-order valence-corrected chi connectivity index (χ2v) is 6.11. The van der Waals surface area contributed by atoms with Crippen molar-refractivity contribution in [1.82, 2.24) is 10.6 Å². The largest absolute Gasteiger partial charge is 0.386 e. The number of benzene rings is 2. The highest BCUT2D eigenvalue weighted by molar-refractivity contribution is 5.75. The highest BCUT2D eigenvalue weighted by Gasteiger charge is 2.32. The highest BCUT2D eigenvalue weighted by Crippen LogP contribution is 2.22. The molecule has 0 unspecified atom stereocenters. The van der Waals surface area contributed by atoms with Crippen LogP contribution in [0.25, 0.3) is 0 Å². The van der Waals surface area contributed by atoms with E-state index in [4.69, 9.17) is 4.74 Å². The number of ether oxygens (including phenoxy) is 1. The van der Waals surface area contributed by atoms with Crippen LogP contribution in [0.1, 0.15) is 23.6 Å². The molecule has 2 amide bonds. The van der Waals surface area contributed by atoms with Crippen LogP contribution in [-0.2, 0) is 4.74 Å². The fraction of sp³-hybridized carbons (Fsp3) is 0.316. The van der Waals surface area contributed by atoms with Crippen LogP contribution in [0, 0.1) is 0 Å². The minimum absolute atomic E-state index is 0.176. The van der Waals surface area contributed by atoms with Crippen molar-refractivity contribution in [2.45, 2.75) is 18.1 Å². The van der Waals surface area contributed by atoms with E-state index in [1.54, 1.807) is 0 Å². The van der Waals surface area contributed by atoms with Gasteiger partial charge in [-0.25, -0.2) is 4.79 Å². The van der Waals surface area contributed by atoms with Crippen molar-refractivity contribution in [2.75, 3.05) is 19.8 Å². The Bertz CT molecular complexity index is 615. The molecule has 2 aromatic carbocycles. The molecular weight excluding hydrogens is 304 g/mol. The first-order valence-corrected chi connectivity index (χ1v) is 8.11. The van der Waals surface area contributed by atoms with Crippen molar-refractivity contribution in [2.24, 2.45) is 0 Å². The van der Waals surface area contributed by atoms with E-state index in [1.165, 1.54) is 0 Å². The van der Waals surface area contributed by atoms with E-state index in [0.717, 1.165) is 11.1 Å². The van der Waals surface area contributed by atoms with Crippen LogP contribution in [-0.4, -0.2) is 36.5 Å². The van der Waals surface area contributed by atoms with Crippen molar-refractivity contribution in [3.05, 3.63) is 71.8 Å². The Morgan fingerprint density at radius 2 is 1.67 bits per heavy atom. The van der Waals surface area contributed by atoms with Crippen molar-refractivity contribution in [1.29, 1.82) is 0 Å². The molecule has 0 bridgehead atoms. The SMILES string of the molecule is O=C(NC[C@@]1(O)CCOC1)NC(c1ccccc1)c1ccccc1. The maximum atomic E-state index is 12.3. The maximum Gasteiger partial charge on any atom is 0.315 e. The molecule has 3 rings (SSSR count). The third kappa shape index (κ3) is 4.13. The maximum absolute atomic E-state index is 12.3. The minimum atomic E-state index is -0.966. The van der Waals surface area contributed by atoms with E-state index < -0.39 is 5.60 Å². The summed E-state index contributed by atoms with van der Waals surface area (Å²) < 4.78 is 5.19. The molecule has 1 aliphatic rings. The Morgan fingerprint density at radius 1 is 1.08 bits per heavy atom. The average Bonchev–Trinajstić information content (AvgIpc) is 3.06. The summed E-state index contributed by atoms with van der Waals surface area (Å²) in [7, 11) is 0. The van der Waals surface area contributed by atoms with E-state index in [9.17, 15) is 9.90 Å². The lowest BCUT2D eigenvalue weighted by Gasteiger charge is -2.23. The Balaban J connectivity index is 1.69. The monoisotopic (exact) mass is 326 g/mol. The second kappa shape index (κ2) is 7.47. The number of urea groups is 1. The van der Waals surface area contributed by atoms with Crippen LogP contribution in [0.15, 0.2) is 60.7 Å². The lowest BCUT2D eigenvalue weighted by atomic mass is 9.99. The molecule has 3 N–H and O–H groups in total. The smallest absolute Gasteiger partial charge is 0.315 e. The van der Waals surface area contributed by atoms with Gasteiger partial charge in [-0.1, -0.05) is 60.7 Å². The van der Waals surface area contributed by atoms with Crippen LogP contribution < -0.4 is 10.6 Å². The molecule has 5 heteroatoms. The molecular formula is C19H22N2O3. The van der Waals surface area contributed by atoms with Crippen molar-refractivity contribution in [3.63, 3.8) is 0 Å². The van der Waals surface area contributed by atoms with Crippen LogP contribution >= 0.6 is 0 Å². The Morgan fingerprint density at radius 3 is 2.17 bits per heavy atom. The number of amides is 2. The Labute approximate surface area is 141 Å². The van der Waals surface area contributed by atoms with E-state index in [1.807, 2.05) is 60.7 Å². The average molecular weight is 326 g/mol. The predicted octanol–water partition coefficient (Wildman–Crippen LogP) is 2.23. The molecule has 0 aromatic heterocycles. The molecule has 126 valence electrons. The zero-order valence-electron chi connectivity index (χ0n) is 13.4. The molecule has 1 aliphatic heterocycles. The van der Waals surface area contributed by atoms with Gasteiger partial charge in [0.1, 0.15) is 5.60 Å². The first-order chi connectivity index (χ1) is 11.7. The predicted molar refractivity (Wildman–Crippen MR) is 91.6 cm³/mol. The Kier molecular flexibility index (Phi) is 5.13. The third-order valence-electron chi connectivity index (χ3n) is 4.20. The van der Waals surface area contributed by atoms with Gasteiger partial charge in [0.15, 0.2) is 0 Å². The minimum Gasteiger partial charge on any atom is -0.386 e. The molecule has 0 spiro atoms. The number of rotatable bonds is 5. The lowest BCUT2D eigenvalue weighted by molar-refractivity contribution is 0.0291. The van der Waals surface area contributed by atoms with E-state index in [-0.39, 0.29) is 25.2 Å². The fourth-order valence-corrected chi connectivity index (χ4v) is 2.81. The summed E-state index contributed by atoms with van der Waals surface area (Å²) in [6.45, 7) is 0.958. The van der Waals surface area contributed by atoms with Gasteiger partial charge < -0.3 is 20.5 Å². The first kappa shape index (κ1) is 16.5. The molecule has 2 aromatic rings. The molecule has 1 saturated heterocycles. The topological polar surface area (TPSA) is 70.6 Å². The van der Waals surface area contributed by atoms with Crippen LogP contribution in [0.2, 0.25) is 0 Å². The summed E-state index contributed by atoms with van der Waals surface area (Å²) in [5.74, 6) is 0. The summed E-state index contributed by atoms with van der Waals surface area (Å²) in [5, 5.41) is 16.0. The third-order valence-corrected chi connectivity index (χ3v) is 4.20. The number of nitrogens with one attached hydrogen (secondary N) is 2. The van der Waals surface area contributed by atoms with Crippen LogP contribution in [0.5, 0.6) is 0 Å². The Hall–Kier alpha value is -2.37. The number of hydrogen-bond donors (Lipinski definition) is 3. The normalized spacial score (nSPS) is 20.1. The van der Waals surface area contributed by atoms with Gasteiger partial charge in [-0.05, 0) is 11.1 Å². The summed E-state index contributed by atoms with van der Waals surface area (Å²) in [5.41, 5.74) is 1.04. The first-order valence-electron chi connectivity index (χ1n) is 8.11. The van der Waals surface area contributed by atoms with Crippen molar-refractivity contribution < 1.29 is 14.6 Å². The van der Waals surface area contributed by atoms with Gasteiger partial charge in [0.2, 0.25) is 0 Å². The molecule has 0 radical (unpaired) electrons. The van der Waals surface area contributed by atoms with Gasteiger partial charge in [0.05, 0.1) is 19.2 Å². The zero-order chi connectivity index (χ0) is 16.8. The van der Waals surface area contributed by atoms with Gasteiger partial charge in [-0.2, -0.15) is 0 Å². The molecule has 1 heterocycles. The number of carbonyl (C=O) groups excluding carboxylic acids is 1. The van der Waals surface area contributed by atoms with Gasteiger partial charge in [-0.15, -0.1) is 0 Å². The molecule has 0 saturated carbocycles. The van der Waals surface area contributed by atoms with Gasteiger partial charge >= 0.3 is 6.03 Å². The quantitative estimate of drug-likeness (QED) is 0.789. The summed E-state index contributed by atoms with van der Waals surface area (Å²) >= 11 is 0. The van der Waals surface area contributed by atoms with E-state index in [2.05, 4.69) is 10.6 Å². The number of hydrogen-bond acceptors (Lipinski definition) is 3. The standard InChI is InChI=1S/C19H22N2O3/c22-18(20-13-19(23)11-12-24-14-19)21-17(15-7-3-1-4-8-15)16-9-5-2-6-10-16/h1-10,17,23H,11-14H2,(H2,20,21,22)/t19-/m0/s1. The molecule has 1 fully saturated rings. The van der Waals surface area contributed by atoms with Crippen LogP contribution in [0.4, 0.5) is 4.79 Å². The van der Waals surface area contributed by atoms with Gasteiger partial charge in [-0.3, -0.25) is 0 Å². The molecule has 1 atom stereocenters. The van der Waals surface area contributed by atoms with Gasteiger partial charge in [0, 0.05) is 13.0 Å². The summed E-state index contributed by atoms with van der Waals surface area (Å²) in [6, 6.07) is 19.1. The van der Waals surface area contributed by atoms with Crippen molar-refractivity contribution in [3.8, 4) is 0 Å². The number of carbonyl (C=O) groups is 1. The fourth-order valence-electron chi connectivity index (χ4n) is 2.81. The van der Waals surface area contributed by atoms with Gasteiger partial charge in [0.25, 0.3) is 0 Å². The summed E-state index contributed by atoms with van der Waals surface area (Å²) in [4.78, 5) is 12.3. The zero-order valence-corrected chi connectivity index (χ0v) is 13.4. The molecule has 24 heavy (non-hydrogen) atoms. The molecule has 5 nitrogen and oxygen atoms in total. The highest BCUT2D eigenvalue weighted by atomic mass is 16.5. The second-order valence-electron chi connectivity index (χ2n) is 6.11. The lowest BCUT2D eigenvalue weighted by Crippen LogP contribution is -2.47. The molecule has 0 aliphatic carbocycles. The van der Waals surface area contributed by atoms with Crippen LogP contribution in [0.3, 0.4) is 0 Å². The summed E-state index contributed by atoms with van der Waals surface area (Å²) in [6.07, 6.45) is 0.536. The van der Waals surface area contributed by atoms with E-state index >= 15 is 0 Å². The van der Waals surface area contributed by atoms with E-state index in [0.29, 0.717) is 13.0 Å².